The molecule has 2 N–H and O–H groups in total. The summed E-state index contributed by atoms with van der Waals surface area (Å²) in [4.78, 5) is 4.40. The lowest BCUT2D eigenvalue weighted by molar-refractivity contribution is 0.116. The summed E-state index contributed by atoms with van der Waals surface area (Å²) in [6, 6.07) is 7.88. The number of rotatable bonds is 6. The van der Waals surface area contributed by atoms with Crippen molar-refractivity contribution in [3.63, 3.8) is 0 Å². The Hall–Kier alpha value is -1.88. The van der Waals surface area contributed by atoms with Crippen molar-refractivity contribution in [3.05, 3.63) is 41.5 Å². The minimum absolute atomic E-state index is 0.0926. The van der Waals surface area contributed by atoms with Crippen molar-refractivity contribution in [1.29, 1.82) is 0 Å². The van der Waals surface area contributed by atoms with E-state index in [1.807, 2.05) is 31.2 Å². The topological polar surface area (TPSA) is 74.2 Å². The van der Waals surface area contributed by atoms with E-state index in [9.17, 15) is 0 Å². The van der Waals surface area contributed by atoms with Crippen molar-refractivity contribution in [2.75, 3.05) is 12.8 Å². The molecule has 2 aromatic rings. The zero-order chi connectivity index (χ0) is 14.5. The van der Waals surface area contributed by atoms with Gasteiger partial charge < -0.3 is 15.0 Å². The quantitative estimate of drug-likeness (QED) is 0.820. The first-order valence-electron chi connectivity index (χ1n) is 6.78. The smallest absolute Gasteiger partial charge is 0.227 e. The molecule has 0 fully saturated rings. The number of hydrogen-bond donors (Lipinski definition) is 1. The molecule has 5 heteroatoms. The van der Waals surface area contributed by atoms with Crippen molar-refractivity contribution in [3.8, 4) is 0 Å². The van der Waals surface area contributed by atoms with Gasteiger partial charge in [-0.05, 0) is 30.5 Å². The molecule has 0 aliphatic carbocycles. The Morgan fingerprint density at radius 1 is 1.20 bits per heavy atom. The molecule has 5 nitrogen and oxygen atoms in total. The molecule has 20 heavy (non-hydrogen) atoms. The first kappa shape index (κ1) is 14.5. The number of nitrogen functional groups attached to an aromatic ring is 1. The van der Waals surface area contributed by atoms with E-state index in [0.717, 1.165) is 12.1 Å². The van der Waals surface area contributed by atoms with Crippen molar-refractivity contribution in [2.45, 2.75) is 38.7 Å². The predicted molar refractivity (Wildman–Crippen MR) is 77.4 cm³/mol. The van der Waals surface area contributed by atoms with E-state index in [1.165, 1.54) is 5.56 Å². The zero-order valence-corrected chi connectivity index (χ0v) is 12.2. The number of ether oxygens (including phenoxy) is 1. The fourth-order valence-corrected chi connectivity index (χ4v) is 2.00. The predicted octanol–water partition coefficient (Wildman–Crippen LogP) is 2.58. The molecular weight excluding hydrogens is 254 g/mol. The average Bonchev–Trinajstić information content (AvgIpc) is 2.86. The monoisotopic (exact) mass is 275 g/mol. The van der Waals surface area contributed by atoms with E-state index >= 15 is 0 Å². The van der Waals surface area contributed by atoms with E-state index in [1.54, 1.807) is 7.11 Å². The molecule has 2 rings (SSSR count). The Morgan fingerprint density at radius 2 is 1.90 bits per heavy atom. The van der Waals surface area contributed by atoms with Gasteiger partial charge in [-0.25, -0.2) is 0 Å². The fraction of sp³-hybridized carbons (Fsp3) is 0.467. The molecule has 1 aromatic carbocycles. The molecule has 1 heterocycles. The van der Waals surface area contributed by atoms with E-state index in [-0.39, 0.29) is 6.10 Å². The number of aromatic nitrogens is 2. The summed E-state index contributed by atoms with van der Waals surface area (Å²) in [7, 11) is 1.68. The number of methoxy groups -OCH3 is 1. The van der Waals surface area contributed by atoms with Crippen LogP contribution in [0.3, 0.4) is 0 Å². The molecule has 0 bridgehead atoms. The second-order valence-electron chi connectivity index (χ2n) is 5.13. The summed E-state index contributed by atoms with van der Waals surface area (Å²) in [5, 5.41) is 3.98. The van der Waals surface area contributed by atoms with Gasteiger partial charge in [-0.1, -0.05) is 24.2 Å². The summed E-state index contributed by atoms with van der Waals surface area (Å²) in [6.07, 6.45) is 1.48. The SMILES string of the molecule is COC(C)Cc1noc(CC(C)c2ccc(N)cc2)n1. The van der Waals surface area contributed by atoms with Crippen molar-refractivity contribution in [2.24, 2.45) is 0 Å². The van der Waals surface area contributed by atoms with Crippen molar-refractivity contribution < 1.29 is 9.26 Å². The Labute approximate surface area is 119 Å². The van der Waals surface area contributed by atoms with Gasteiger partial charge in [0.2, 0.25) is 5.89 Å². The molecule has 2 atom stereocenters. The third-order valence-corrected chi connectivity index (χ3v) is 3.37. The Bertz CT molecular complexity index is 536. The molecule has 2 unspecified atom stereocenters. The van der Waals surface area contributed by atoms with Gasteiger partial charge in [0.05, 0.1) is 6.10 Å². The first-order chi connectivity index (χ1) is 9.58. The largest absolute Gasteiger partial charge is 0.399 e. The normalized spacial score (nSPS) is 14.2. The molecular formula is C15H21N3O2. The second kappa shape index (κ2) is 6.52. The van der Waals surface area contributed by atoms with Crippen LogP contribution in [-0.2, 0) is 17.6 Å². The maximum Gasteiger partial charge on any atom is 0.227 e. The standard InChI is InChI=1S/C15H21N3O2/c1-10(12-4-6-13(16)7-5-12)8-15-17-14(18-20-15)9-11(2)19-3/h4-7,10-11H,8-9,16H2,1-3H3. The number of benzene rings is 1. The van der Waals surface area contributed by atoms with Gasteiger partial charge in [-0.3, -0.25) is 0 Å². The summed E-state index contributed by atoms with van der Waals surface area (Å²) in [5.41, 5.74) is 7.67. The number of hydrogen-bond acceptors (Lipinski definition) is 5. The molecule has 0 saturated heterocycles. The molecule has 0 saturated carbocycles. The van der Waals surface area contributed by atoms with Crippen LogP contribution in [0.1, 0.15) is 37.0 Å². The molecule has 0 aliphatic heterocycles. The highest BCUT2D eigenvalue weighted by atomic mass is 16.5. The number of nitrogens with two attached hydrogens (primary N) is 1. The maximum atomic E-state index is 5.69. The van der Waals surface area contributed by atoms with Crippen LogP contribution in [0.25, 0.3) is 0 Å². The maximum absolute atomic E-state index is 5.69. The van der Waals surface area contributed by atoms with Crippen LogP contribution in [0.5, 0.6) is 0 Å². The highest BCUT2D eigenvalue weighted by molar-refractivity contribution is 5.40. The lowest BCUT2D eigenvalue weighted by atomic mass is 9.98. The van der Waals surface area contributed by atoms with Crippen molar-refractivity contribution >= 4 is 5.69 Å². The zero-order valence-electron chi connectivity index (χ0n) is 12.2. The minimum atomic E-state index is 0.0926. The van der Waals surface area contributed by atoms with Gasteiger partial charge in [0.15, 0.2) is 5.82 Å². The molecule has 0 radical (unpaired) electrons. The van der Waals surface area contributed by atoms with Gasteiger partial charge in [0, 0.05) is 25.6 Å². The van der Waals surface area contributed by atoms with Crippen LogP contribution in [0, 0.1) is 0 Å². The lowest BCUT2D eigenvalue weighted by Gasteiger charge is -2.09. The van der Waals surface area contributed by atoms with Gasteiger partial charge in [0.1, 0.15) is 0 Å². The Balaban J connectivity index is 1.97. The summed E-state index contributed by atoms with van der Waals surface area (Å²) >= 11 is 0. The highest BCUT2D eigenvalue weighted by Gasteiger charge is 2.14. The van der Waals surface area contributed by atoms with Gasteiger partial charge in [-0.2, -0.15) is 4.98 Å². The molecule has 0 aliphatic rings. The third kappa shape index (κ3) is 3.81. The van der Waals surface area contributed by atoms with Gasteiger partial charge in [0.25, 0.3) is 0 Å². The van der Waals surface area contributed by atoms with Crippen molar-refractivity contribution in [1.82, 2.24) is 10.1 Å². The molecule has 1 aromatic heterocycles. The minimum Gasteiger partial charge on any atom is -0.399 e. The molecule has 0 amide bonds. The average molecular weight is 275 g/mol. The van der Waals surface area contributed by atoms with Crippen LogP contribution in [0.15, 0.2) is 28.8 Å². The third-order valence-electron chi connectivity index (χ3n) is 3.37. The van der Waals surface area contributed by atoms with E-state index in [4.69, 9.17) is 15.0 Å². The number of nitrogens with zero attached hydrogens (tertiary/aromatic N) is 2. The van der Waals surface area contributed by atoms with Crippen LogP contribution < -0.4 is 5.73 Å². The van der Waals surface area contributed by atoms with Crippen LogP contribution in [-0.4, -0.2) is 23.4 Å². The van der Waals surface area contributed by atoms with Crippen LogP contribution in [0.2, 0.25) is 0 Å². The summed E-state index contributed by atoms with van der Waals surface area (Å²) < 4.78 is 10.5. The van der Waals surface area contributed by atoms with Crippen LogP contribution >= 0.6 is 0 Å². The van der Waals surface area contributed by atoms with E-state index in [0.29, 0.717) is 24.1 Å². The van der Waals surface area contributed by atoms with Gasteiger partial charge in [-0.15, -0.1) is 0 Å². The second-order valence-corrected chi connectivity index (χ2v) is 5.13. The van der Waals surface area contributed by atoms with E-state index in [2.05, 4.69) is 17.1 Å². The number of anilines is 1. The lowest BCUT2D eigenvalue weighted by Crippen LogP contribution is -2.09. The highest BCUT2D eigenvalue weighted by Crippen LogP contribution is 2.20. The summed E-state index contributed by atoms with van der Waals surface area (Å²) in [6.45, 7) is 4.11. The molecule has 0 spiro atoms. The Morgan fingerprint density at radius 3 is 2.55 bits per heavy atom. The summed E-state index contributed by atoms with van der Waals surface area (Å²) in [5.74, 6) is 1.66. The van der Waals surface area contributed by atoms with Crippen LogP contribution in [0.4, 0.5) is 5.69 Å². The van der Waals surface area contributed by atoms with Gasteiger partial charge >= 0.3 is 0 Å². The Kier molecular flexibility index (Phi) is 4.74. The van der Waals surface area contributed by atoms with E-state index < -0.39 is 0 Å². The fourth-order valence-electron chi connectivity index (χ4n) is 2.00. The first-order valence-corrected chi connectivity index (χ1v) is 6.78. The molecule has 108 valence electrons.